The average molecular weight is 841 g/mol. The Hall–Kier alpha value is -2.99. The Morgan fingerprint density at radius 1 is 0.814 bits per heavy atom. The lowest BCUT2D eigenvalue weighted by molar-refractivity contribution is -0.210. The molecule has 10 atom stereocenters. The molecule has 8 rings (SSSR count). The van der Waals surface area contributed by atoms with E-state index in [0.717, 1.165) is 50.8 Å². The molecule has 5 aliphatic rings. The van der Waals surface area contributed by atoms with Crippen molar-refractivity contribution in [2.24, 2.45) is 56.2 Å². The molecule has 0 heterocycles. The monoisotopic (exact) mass is 839 g/mol. The highest BCUT2D eigenvalue weighted by Crippen LogP contribution is 2.76. The third-order valence-electron chi connectivity index (χ3n) is 17.7. The maximum atomic E-state index is 13.0. The Balaban J connectivity index is 1.01. The van der Waals surface area contributed by atoms with Crippen molar-refractivity contribution in [3.05, 3.63) is 106 Å². The molecular weight excluding hydrogens is 773 g/mol. The molecule has 4 saturated carbocycles. The van der Waals surface area contributed by atoms with Crippen LogP contribution in [0, 0.1) is 56.2 Å². The van der Waals surface area contributed by atoms with E-state index in [1.807, 2.05) is 6.07 Å². The number of halogens is 2. The van der Waals surface area contributed by atoms with Gasteiger partial charge in [0.25, 0.3) is 0 Å². The molecule has 0 aliphatic heterocycles. The molecular formula is C52H67Cl2NO4. The number of anilines is 1. The molecule has 59 heavy (non-hydrogen) atoms. The van der Waals surface area contributed by atoms with Crippen LogP contribution in [0.1, 0.15) is 124 Å². The summed E-state index contributed by atoms with van der Waals surface area (Å²) in [6.07, 6.45) is 11.8. The third-order valence-corrected chi connectivity index (χ3v) is 18.2. The fourth-order valence-corrected chi connectivity index (χ4v) is 14.6. The Morgan fingerprint density at radius 3 is 2.22 bits per heavy atom. The number of aliphatic carboxylic acids is 1. The number of carbonyl (C=O) groups is 1. The van der Waals surface area contributed by atoms with Gasteiger partial charge in [0.05, 0.1) is 17.7 Å². The summed E-state index contributed by atoms with van der Waals surface area (Å²) in [5.41, 5.74) is 5.73. The molecule has 5 nitrogen and oxygen atoms in total. The molecule has 7 heteroatoms. The van der Waals surface area contributed by atoms with Gasteiger partial charge in [-0.15, -0.1) is 0 Å². The molecule has 2 unspecified atom stereocenters. The van der Waals surface area contributed by atoms with E-state index < -0.39 is 12.1 Å². The van der Waals surface area contributed by atoms with Crippen molar-refractivity contribution in [3.63, 3.8) is 0 Å². The van der Waals surface area contributed by atoms with Gasteiger partial charge in [0.15, 0.2) is 6.10 Å². The fourth-order valence-electron chi connectivity index (χ4n) is 14.2. The SMILES string of the molecule is CC1(C)C[C@@H]2C3=CC[C@@H]4[C@@]5(C)CC[C@H](C(Oc6ccc(Cl)cc6Cl)C(=O)O)C(C)(C)C5CC[C@@]4(C)[C@]3(C)CC[C@@]2(C)[C@H](OCc2ccc(CNc3ccccc3)cc2)C1. The maximum Gasteiger partial charge on any atom is 0.345 e. The number of rotatable bonds is 10. The smallest absolute Gasteiger partial charge is 0.345 e. The van der Waals surface area contributed by atoms with Crippen LogP contribution < -0.4 is 10.1 Å². The summed E-state index contributed by atoms with van der Waals surface area (Å²) in [6.45, 7) is 21.5. The summed E-state index contributed by atoms with van der Waals surface area (Å²) in [5, 5.41) is 15.0. The lowest BCUT2D eigenvalue weighted by atomic mass is 9.33. The van der Waals surface area contributed by atoms with Gasteiger partial charge in [0, 0.05) is 28.6 Å². The highest BCUT2D eigenvalue weighted by Gasteiger charge is 2.69. The number of hydrogen-bond acceptors (Lipinski definition) is 4. The van der Waals surface area contributed by atoms with Crippen molar-refractivity contribution in [2.75, 3.05) is 5.32 Å². The number of fused-ring (bicyclic) bond motifs is 7. The Morgan fingerprint density at radius 2 is 1.53 bits per heavy atom. The minimum atomic E-state index is -0.987. The van der Waals surface area contributed by atoms with E-state index in [9.17, 15) is 9.90 Å². The molecule has 0 amide bonds. The van der Waals surface area contributed by atoms with Gasteiger partial charge in [0.1, 0.15) is 5.75 Å². The zero-order valence-corrected chi connectivity index (χ0v) is 38.2. The number of nitrogens with one attached hydrogen (secondary N) is 1. The van der Waals surface area contributed by atoms with Crippen molar-refractivity contribution in [1.29, 1.82) is 0 Å². The van der Waals surface area contributed by atoms with Crippen molar-refractivity contribution < 1.29 is 19.4 Å². The van der Waals surface area contributed by atoms with E-state index in [4.69, 9.17) is 32.7 Å². The van der Waals surface area contributed by atoms with Crippen LogP contribution in [0.5, 0.6) is 5.75 Å². The number of carboxylic acid groups (broad SMARTS) is 1. The zero-order valence-electron chi connectivity index (χ0n) is 36.7. The molecule has 0 spiro atoms. The lowest BCUT2D eigenvalue weighted by Crippen LogP contribution is -2.65. The van der Waals surface area contributed by atoms with E-state index in [1.165, 1.54) is 30.4 Å². The molecule has 0 saturated heterocycles. The largest absolute Gasteiger partial charge is 0.478 e. The number of allylic oxidation sites excluding steroid dienone is 2. The van der Waals surface area contributed by atoms with Gasteiger partial charge >= 0.3 is 5.97 Å². The van der Waals surface area contributed by atoms with Crippen LogP contribution in [-0.4, -0.2) is 23.3 Å². The molecule has 3 aromatic carbocycles. The number of para-hydroxylation sites is 1. The fraction of sp³-hybridized carbons (Fsp3) is 0.596. The van der Waals surface area contributed by atoms with Crippen molar-refractivity contribution >= 4 is 34.9 Å². The minimum absolute atomic E-state index is 0.0869. The molecule has 4 fully saturated rings. The first-order valence-corrected chi connectivity index (χ1v) is 23.1. The highest BCUT2D eigenvalue weighted by atomic mass is 35.5. The molecule has 5 aliphatic carbocycles. The summed E-state index contributed by atoms with van der Waals surface area (Å²) in [6, 6.07) is 24.4. The van der Waals surface area contributed by atoms with Gasteiger partial charge in [-0.05, 0) is 144 Å². The normalized spacial score (nSPS) is 36.1. The second-order valence-corrected chi connectivity index (χ2v) is 22.5. The van der Waals surface area contributed by atoms with Gasteiger partial charge in [-0.2, -0.15) is 0 Å². The van der Waals surface area contributed by atoms with Gasteiger partial charge in [-0.1, -0.05) is 133 Å². The van der Waals surface area contributed by atoms with E-state index in [2.05, 4.69) is 115 Å². The van der Waals surface area contributed by atoms with E-state index in [-0.39, 0.29) is 44.5 Å². The topological polar surface area (TPSA) is 67.8 Å². The summed E-state index contributed by atoms with van der Waals surface area (Å²) in [7, 11) is 0. The zero-order chi connectivity index (χ0) is 42.2. The van der Waals surface area contributed by atoms with Crippen LogP contribution in [0.2, 0.25) is 10.0 Å². The molecule has 318 valence electrons. The quantitative estimate of drug-likeness (QED) is 0.199. The van der Waals surface area contributed by atoms with Crippen molar-refractivity contribution in [2.45, 2.75) is 139 Å². The standard InChI is InChI=1S/C52H67Cl2NO4/c1-47(2)29-39-37-19-21-43-50(6)24-22-38(45(46(56)57)59-41-20-18-35(53)28-40(41)54)48(3,4)42(50)23-25-52(43,8)51(37,7)27-26-49(39,5)44(30-47)58-32-34-16-14-33(15-17-34)31-55-36-12-10-9-11-13-36/h9-20,28,38-39,42-45,55H,21-27,29-32H2,1-8H3,(H,56,57)/t38-,39-,42?,43-,44-,45?,49-,50+,51-,52-/m1/s1. The predicted octanol–water partition coefficient (Wildman–Crippen LogP) is 14.1. The molecule has 3 aromatic rings. The van der Waals surface area contributed by atoms with Gasteiger partial charge in [0.2, 0.25) is 0 Å². The second kappa shape index (κ2) is 15.4. The number of ether oxygens (including phenoxy) is 2. The molecule has 0 radical (unpaired) electrons. The summed E-state index contributed by atoms with van der Waals surface area (Å²) >= 11 is 12.7. The Labute approximate surface area is 364 Å². The van der Waals surface area contributed by atoms with Crippen LogP contribution in [0.15, 0.2) is 84.4 Å². The first-order chi connectivity index (χ1) is 27.8. The second-order valence-electron chi connectivity index (χ2n) is 21.7. The first-order valence-electron chi connectivity index (χ1n) is 22.3. The van der Waals surface area contributed by atoms with Crippen molar-refractivity contribution in [1.82, 2.24) is 0 Å². The lowest BCUT2D eigenvalue weighted by Gasteiger charge is -2.72. The van der Waals surface area contributed by atoms with Crippen molar-refractivity contribution in [3.8, 4) is 5.75 Å². The van der Waals surface area contributed by atoms with Crippen LogP contribution in [-0.2, 0) is 22.7 Å². The number of hydrogen-bond donors (Lipinski definition) is 2. The number of benzene rings is 3. The van der Waals surface area contributed by atoms with Gasteiger partial charge in [-0.25, -0.2) is 4.79 Å². The molecule has 2 N–H and O–H groups in total. The Bertz CT molecular complexity index is 2060. The highest BCUT2D eigenvalue weighted by molar-refractivity contribution is 6.35. The van der Waals surface area contributed by atoms with Crippen LogP contribution in [0.4, 0.5) is 5.69 Å². The van der Waals surface area contributed by atoms with E-state index in [0.29, 0.717) is 40.2 Å². The summed E-state index contributed by atoms with van der Waals surface area (Å²) in [5.74, 6) is 0.702. The summed E-state index contributed by atoms with van der Waals surface area (Å²) in [4.78, 5) is 13.0. The van der Waals surface area contributed by atoms with Gasteiger partial charge < -0.3 is 19.9 Å². The van der Waals surface area contributed by atoms with Crippen LogP contribution in [0.3, 0.4) is 0 Å². The predicted molar refractivity (Wildman–Crippen MR) is 241 cm³/mol. The van der Waals surface area contributed by atoms with Crippen LogP contribution >= 0.6 is 23.2 Å². The van der Waals surface area contributed by atoms with Gasteiger partial charge in [-0.3, -0.25) is 0 Å². The minimum Gasteiger partial charge on any atom is -0.478 e. The van der Waals surface area contributed by atoms with E-state index in [1.54, 1.807) is 23.8 Å². The Kier molecular flexibility index (Phi) is 11.2. The average Bonchev–Trinajstić information content (AvgIpc) is 3.18. The molecule has 0 bridgehead atoms. The first kappa shape index (κ1) is 42.7. The summed E-state index contributed by atoms with van der Waals surface area (Å²) < 4.78 is 13.4. The third kappa shape index (κ3) is 7.35. The van der Waals surface area contributed by atoms with E-state index >= 15 is 0 Å². The maximum absolute atomic E-state index is 13.0. The van der Waals surface area contributed by atoms with Crippen LogP contribution in [0.25, 0.3) is 0 Å². The molecule has 0 aromatic heterocycles. The number of carboxylic acids is 1.